The van der Waals surface area contributed by atoms with Gasteiger partial charge in [0.1, 0.15) is 11.5 Å². The number of nitrogens with zero attached hydrogens (tertiary/aromatic N) is 2. The number of amides is 1. The van der Waals surface area contributed by atoms with E-state index in [2.05, 4.69) is 9.98 Å². The fourth-order valence-corrected chi connectivity index (χ4v) is 1.08. The molecule has 0 N–H and O–H groups in total. The summed E-state index contributed by atoms with van der Waals surface area (Å²) in [6.07, 6.45) is 1.28. The Hall–Kier alpha value is -1.65. The molecule has 1 aliphatic heterocycles. The van der Waals surface area contributed by atoms with Gasteiger partial charge >= 0.3 is 0 Å². The molecule has 1 amide bonds. The normalized spacial score (nSPS) is 26.2. The molecule has 5 heteroatoms. The summed E-state index contributed by atoms with van der Waals surface area (Å²) >= 11 is 0. The van der Waals surface area contributed by atoms with Gasteiger partial charge in [0.2, 0.25) is 0 Å². The van der Waals surface area contributed by atoms with Crippen molar-refractivity contribution >= 4 is 17.8 Å². The van der Waals surface area contributed by atoms with Crippen molar-refractivity contribution in [2.24, 2.45) is 9.98 Å². The van der Waals surface area contributed by atoms with E-state index in [-0.39, 0.29) is 11.4 Å². The minimum Gasteiger partial charge on any atom is -0.266 e. The molecule has 2 aliphatic rings. The van der Waals surface area contributed by atoms with Crippen LogP contribution in [0.25, 0.3) is 0 Å². The Labute approximate surface area is 72.2 Å². The van der Waals surface area contributed by atoms with E-state index in [0.29, 0.717) is 0 Å². The van der Waals surface area contributed by atoms with Crippen LogP contribution < -0.4 is 0 Å². The Morgan fingerprint density at radius 2 is 2.15 bits per heavy atom. The van der Waals surface area contributed by atoms with Gasteiger partial charge in [-0.1, -0.05) is 0 Å². The summed E-state index contributed by atoms with van der Waals surface area (Å²) in [5, 5.41) is 0. The molecule has 1 heterocycles. The lowest BCUT2D eigenvalue weighted by atomic mass is 10.1. The predicted molar refractivity (Wildman–Crippen MR) is 43.1 cm³/mol. The lowest BCUT2D eigenvalue weighted by Crippen LogP contribution is -2.25. The number of carbonyl (C=O) groups excluding carboxylic acids is 1. The van der Waals surface area contributed by atoms with Crippen LogP contribution in [0.5, 0.6) is 0 Å². The summed E-state index contributed by atoms with van der Waals surface area (Å²) in [7, 11) is 0. The van der Waals surface area contributed by atoms with Crippen molar-refractivity contribution in [3.63, 3.8) is 0 Å². The maximum Gasteiger partial charge on any atom is 0.288 e. The highest BCUT2D eigenvalue weighted by Gasteiger charge is 2.28. The van der Waals surface area contributed by atoms with Gasteiger partial charge in [0, 0.05) is 0 Å². The van der Waals surface area contributed by atoms with Gasteiger partial charge in [-0.05, 0) is 12.2 Å². The minimum absolute atomic E-state index is 0.202. The quantitative estimate of drug-likeness (QED) is 0.553. The van der Waals surface area contributed by atoms with Gasteiger partial charge in [-0.15, -0.1) is 0 Å². The molecular weight excluding hydrogens is 178 g/mol. The molecule has 13 heavy (non-hydrogen) atoms. The second kappa shape index (κ2) is 2.69. The first-order chi connectivity index (χ1) is 6.18. The van der Waals surface area contributed by atoms with Crippen LogP contribution >= 0.6 is 0 Å². The molecule has 0 aromatic carbocycles. The molecule has 0 bridgehead atoms. The number of fused-ring (bicyclic) bond motifs is 1. The zero-order valence-corrected chi connectivity index (χ0v) is 6.37. The fraction of sp³-hybridized carbons (Fsp3) is 0.125. The van der Waals surface area contributed by atoms with Crippen molar-refractivity contribution in [3.8, 4) is 0 Å². The SMILES string of the molecule is O=C1C=NC2=CC=C(F)C(F)C2=N1. The average Bonchev–Trinajstić information content (AvgIpc) is 2.12. The van der Waals surface area contributed by atoms with Crippen LogP contribution in [0.4, 0.5) is 8.78 Å². The molecule has 1 unspecified atom stereocenters. The number of hydrogen-bond donors (Lipinski definition) is 0. The predicted octanol–water partition coefficient (Wildman–Crippen LogP) is 1.13. The first-order valence-electron chi connectivity index (χ1n) is 3.57. The molecule has 1 aliphatic carbocycles. The van der Waals surface area contributed by atoms with E-state index < -0.39 is 17.9 Å². The number of carbonyl (C=O) groups is 1. The van der Waals surface area contributed by atoms with Crippen LogP contribution in [-0.2, 0) is 4.79 Å². The molecular formula is C8H4F2N2O. The van der Waals surface area contributed by atoms with Crippen LogP contribution in [0.15, 0.2) is 33.7 Å². The minimum atomic E-state index is -1.96. The number of rotatable bonds is 0. The molecule has 0 fully saturated rings. The second-order valence-electron chi connectivity index (χ2n) is 2.56. The summed E-state index contributed by atoms with van der Waals surface area (Å²) < 4.78 is 25.7. The van der Waals surface area contributed by atoms with E-state index in [1.54, 1.807) is 0 Å². The summed E-state index contributed by atoms with van der Waals surface area (Å²) in [6, 6.07) is 0. The Morgan fingerprint density at radius 3 is 2.92 bits per heavy atom. The molecule has 0 radical (unpaired) electrons. The monoisotopic (exact) mass is 182 g/mol. The van der Waals surface area contributed by atoms with Gasteiger partial charge < -0.3 is 0 Å². The van der Waals surface area contributed by atoms with Gasteiger partial charge in [0.25, 0.3) is 5.91 Å². The molecule has 2 rings (SSSR count). The number of allylic oxidation sites excluding steroid dienone is 4. The zero-order chi connectivity index (χ0) is 9.42. The van der Waals surface area contributed by atoms with E-state index in [1.807, 2.05) is 0 Å². The van der Waals surface area contributed by atoms with Crippen molar-refractivity contribution in [2.45, 2.75) is 6.17 Å². The lowest BCUT2D eigenvalue weighted by molar-refractivity contribution is -0.111. The van der Waals surface area contributed by atoms with Gasteiger partial charge in [-0.2, -0.15) is 0 Å². The highest BCUT2D eigenvalue weighted by molar-refractivity contribution is 6.34. The maximum atomic E-state index is 13.0. The Morgan fingerprint density at radius 1 is 1.38 bits per heavy atom. The standard InChI is InChI=1S/C8H4F2N2O/c9-4-1-2-5-8(7(4)10)12-6(13)3-11-5/h1-3,7H. The molecule has 1 atom stereocenters. The first-order valence-corrected chi connectivity index (χ1v) is 3.57. The molecule has 0 saturated carbocycles. The number of aliphatic imine (C=N–C) groups is 2. The van der Waals surface area contributed by atoms with E-state index in [0.717, 1.165) is 12.3 Å². The van der Waals surface area contributed by atoms with E-state index in [9.17, 15) is 13.6 Å². The van der Waals surface area contributed by atoms with Gasteiger partial charge in [0.05, 0.1) is 11.9 Å². The number of hydrogen-bond acceptors (Lipinski definition) is 2. The van der Waals surface area contributed by atoms with Gasteiger partial charge in [-0.3, -0.25) is 4.79 Å². The van der Waals surface area contributed by atoms with E-state index in [1.165, 1.54) is 6.08 Å². The van der Waals surface area contributed by atoms with Crippen LogP contribution in [0.2, 0.25) is 0 Å². The zero-order valence-electron chi connectivity index (χ0n) is 6.37. The van der Waals surface area contributed by atoms with Crippen LogP contribution in [0.1, 0.15) is 0 Å². The average molecular weight is 182 g/mol. The number of alkyl halides is 1. The lowest BCUT2D eigenvalue weighted by Gasteiger charge is -2.15. The molecule has 0 aromatic rings. The fourth-order valence-electron chi connectivity index (χ4n) is 1.08. The van der Waals surface area contributed by atoms with Crippen LogP contribution in [0.3, 0.4) is 0 Å². The Bertz CT molecular complexity index is 393. The van der Waals surface area contributed by atoms with Crippen LogP contribution in [-0.4, -0.2) is 24.0 Å². The van der Waals surface area contributed by atoms with Crippen molar-refractivity contribution in [3.05, 3.63) is 23.7 Å². The highest BCUT2D eigenvalue weighted by Crippen LogP contribution is 2.23. The Balaban J connectivity index is 2.49. The van der Waals surface area contributed by atoms with E-state index >= 15 is 0 Å². The highest BCUT2D eigenvalue weighted by atomic mass is 19.2. The molecule has 0 saturated heterocycles. The van der Waals surface area contributed by atoms with E-state index in [4.69, 9.17) is 0 Å². The third-order valence-corrected chi connectivity index (χ3v) is 1.69. The summed E-state index contributed by atoms with van der Waals surface area (Å²) in [6.45, 7) is 0. The Kier molecular flexibility index (Phi) is 1.65. The number of halogens is 2. The largest absolute Gasteiger partial charge is 0.288 e. The smallest absolute Gasteiger partial charge is 0.266 e. The van der Waals surface area contributed by atoms with Gasteiger partial charge in [-0.25, -0.2) is 18.8 Å². The third kappa shape index (κ3) is 1.22. The van der Waals surface area contributed by atoms with Gasteiger partial charge in [0.15, 0.2) is 6.17 Å². The maximum absolute atomic E-state index is 13.0. The van der Waals surface area contributed by atoms with Crippen molar-refractivity contribution in [1.82, 2.24) is 0 Å². The molecule has 0 aromatic heterocycles. The van der Waals surface area contributed by atoms with Crippen molar-refractivity contribution < 1.29 is 13.6 Å². The summed E-state index contributed by atoms with van der Waals surface area (Å²) in [5.74, 6) is -1.61. The molecule has 3 nitrogen and oxygen atoms in total. The van der Waals surface area contributed by atoms with Crippen LogP contribution in [0, 0.1) is 0 Å². The van der Waals surface area contributed by atoms with Crippen molar-refractivity contribution in [1.29, 1.82) is 0 Å². The first kappa shape index (κ1) is 7.97. The summed E-state index contributed by atoms with van der Waals surface area (Å²) in [5.41, 5.74) is -0.0407. The second-order valence-corrected chi connectivity index (χ2v) is 2.56. The van der Waals surface area contributed by atoms with Crippen molar-refractivity contribution in [2.75, 3.05) is 0 Å². The summed E-state index contributed by atoms with van der Waals surface area (Å²) in [4.78, 5) is 17.7. The third-order valence-electron chi connectivity index (χ3n) is 1.69. The topological polar surface area (TPSA) is 41.8 Å². The molecule has 0 spiro atoms. The molecule has 66 valence electrons.